The summed E-state index contributed by atoms with van der Waals surface area (Å²) in [7, 11) is 0. The van der Waals surface area contributed by atoms with Gasteiger partial charge in [-0.3, -0.25) is 9.97 Å². The first-order valence-corrected chi connectivity index (χ1v) is 6.68. The Labute approximate surface area is 123 Å². The van der Waals surface area contributed by atoms with Crippen molar-refractivity contribution in [3.05, 3.63) is 72.8 Å². The minimum Gasteiger partial charge on any atom is -0.508 e. The molecule has 2 aromatic heterocycles. The van der Waals surface area contributed by atoms with E-state index in [1.807, 2.05) is 42.7 Å². The van der Waals surface area contributed by atoms with Gasteiger partial charge in [0.15, 0.2) is 0 Å². The molecule has 0 fully saturated rings. The van der Waals surface area contributed by atoms with E-state index in [0.717, 1.165) is 22.4 Å². The van der Waals surface area contributed by atoms with Gasteiger partial charge in [-0.2, -0.15) is 0 Å². The van der Waals surface area contributed by atoms with Gasteiger partial charge in [0, 0.05) is 42.5 Å². The molecule has 0 aliphatic carbocycles. The van der Waals surface area contributed by atoms with Crippen molar-refractivity contribution in [2.75, 3.05) is 5.32 Å². The van der Waals surface area contributed by atoms with Crippen molar-refractivity contribution in [1.82, 2.24) is 9.97 Å². The molecule has 21 heavy (non-hydrogen) atoms. The lowest BCUT2D eigenvalue weighted by molar-refractivity contribution is 0.474. The third kappa shape index (κ3) is 3.36. The van der Waals surface area contributed by atoms with Crippen LogP contribution in [-0.2, 0) is 6.54 Å². The predicted molar refractivity (Wildman–Crippen MR) is 82.9 cm³/mol. The highest BCUT2D eigenvalue weighted by molar-refractivity contribution is 5.65. The number of benzene rings is 1. The number of aromatic hydroxyl groups is 1. The Hall–Kier alpha value is -2.88. The number of nitrogens with one attached hydrogen (secondary N) is 1. The minimum atomic E-state index is 0.275. The molecule has 4 heteroatoms. The van der Waals surface area contributed by atoms with E-state index in [0.29, 0.717) is 6.54 Å². The average Bonchev–Trinajstić information content (AvgIpc) is 2.54. The van der Waals surface area contributed by atoms with Gasteiger partial charge < -0.3 is 10.4 Å². The van der Waals surface area contributed by atoms with E-state index in [1.54, 1.807) is 24.5 Å². The summed E-state index contributed by atoms with van der Waals surface area (Å²) in [6.45, 7) is 0.632. The van der Waals surface area contributed by atoms with E-state index >= 15 is 0 Å². The Bertz CT molecular complexity index is 729. The maximum Gasteiger partial charge on any atom is 0.115 e. The van der Waals surface area contributed by atoms with Crippen molar-refractivity contribution < 1.29 is 5.11 Å². The third-order valence-corrected chi connectivity index (χ3v) is 3.14. The van der Waals surface area contributed by atoms with Crippen LogP contribution in [-0.4, -0.2) is 15.1 Å². The normalized spacial score (nSPS) is 10.3. The molecule has 0 unspecified atom stereocenters. The molecule has 104 valence electrons. The maximum absolute atomic E-state index is 9.46. The fraction of sp³-hybridized carbons (Fsp3) is 0.0588. The number of phenolic OH excluding ortho intramolecular Hbond substituents is 1. The molecular weight excluding hydrogens is 262 g/mol. The molecule has 0 radical (unpaired) electrons. The molecule has 0 saturated heterocycles. The van der Waals surface area contributed by atoms with Crippen molar-refractivity contribution in [3.8, 4) is 16.9 Å². The van der Waals surface area contributed by atoms with Crippen LogP contribution in [0.1, 0.15) is 5.56 Å². The molecule has 0 atom stereocenters. The van der Waals surface area contributed by atoms with Crippen molar-refractivity contribution in [3.63, 3.8) is 0 Å². The number of hydrogen-bond donors (Lipinski definition) is 2. The highest BCUT2D eigenvalue weighted by atomic mass is 16.3. The Balaban J connectivity index is 1.75. The fourth-order valence-corrected chi connectivity index (χ4v) is 2.10. The first-order chi connectivity index (χ1) is 10.3. The molecule has 3 aromatic rings. The monoisotopic (exact) mass is 277 g/mol. The molecule has 3 rings (SSSR count). The number of pyridine rings is 2. The van der Waals surface area contributed by atoms with Gasteiger partial charge >= 0.3 is 0 Å². The van der Waals surface area contributed by atoms with E-state index in [9.17, 15) is 5.11 Å². The number of aromatic nitrogens is 2. The second-order valence-electron chi connectivity index (χ2n) is 4.73. The Morgan fingerprint density at radius 2 is 1.81 bits per heavy atom. The van der Waals surface area contributed by atoms with Crippen LogP contribution in [0.3, 0.4) is 0 Å². The van der Waals surface area contributed by atoms with E-state index < -0.39 is 0 Å². The van der Waals surface area contributed by atoms with Crippen LogP contribution in [0.5, 0.6) is 5.75 Å². The van der Waals surface area contributed by atoms with Gasteiger partial charge in [0.25, 0.3) is 0 Å². The molecule has 4 nitrogen and oxygen atoms in total. The van der Waals surface area contributed by atoms with Crippen LogP contribution in [0.4, 0.5) is 5.69 Å². The van der Waals surface area contributed by atoms with Crippen molar-refractivity contribution >= 4 is 5.69 Å². The number of anilines is 1. The Morgan fingerprint density at radius 3 is 2.62 bits per heavy atom. The number of nitrogens with zero attached hydrogens (tertiary/aromatic N) is 2. The summed E-state index contributed by atoms with van der Waals surface area (Å²) in [5.41, 5.74) is 4.00. The first-order valence-electron chi connectivity index (χ1n) is 6.68. The topological polar surface area (TPSA) is 58.0 Å². The quantitative estimate of drug-likeness (QED) is 0.766. The van der Waals surface area contributed by atoms with Crippen LogP contribution < -0.4 is 5.32 Å². The Morgan fingerprint density at radius 1 is 0.905 bits per heavy atom. The van der Waals surface area contributed by atoms with Gasteiger partial charge in [0.1, 0.15) is 5.75 Å². The van der Waals surface area contributed by atoms with Gasteiger partial charge in [-0.05, 0) is 29.8 Å². The first kappa shape index (κ1) is 13.1. The van der Waals surface area contributed by atoms with E-state index in [2.05, 4.69) is 15.3 Å². The molecule has 0 aliphatic rings. The molecule has 0 saturated carbocycles. The lowest BCUT2D eigenvalue weighted by Crippen LogP contribution is -1.99. The van der Waals surface area contributed by atoms with Crippen molar-refractivity contribution in [2.45, 2.75) is 6.54 Å². The summed E-state index contributed by atoms with van der Waals surface area (Å²) in [4.78, 5) is 8.37. The maximum atomic E-state index is 9.46. The zero-order valence-corrected chi connectivity index (χ0v) is 11.4. The summed E-state index contributed by atoms with van der Waals surface area (Å²) in [6, 6.07) is 13.1. The Kier molecular flexibility index (Phi) is 3.78. The van der Waals surface area contributed by atoms with Crippen LogP contribution in [0.15, 0.2) is 67.3 Å². The predicted octanol–water partition coefficient (Wildman–Crippen LogP) is 3.46. The van der Waals surface area contributed by atoms with E-state index in [-0.39, 0.29) is 5.75 Å². The summed E-state index contributed by atoms with van der Waals surface area (Å²) in [6.07, 6.45) is 7.16. The number of hydrogen-bond acceptors (Lipinski definition) is 4. The standard InChI is InChI=1S/C17H15N3O/c21-17-5-1-3-13(7-17)9-20-16-8-15(11-19-12-16)14-4-2-6-18-10-14/h1-8,10-12,20-21H,9H2. The highest BCUT2D eigenvalue weighted by Crippen LogP contribution is 2.21. The fourth-order valence-electron chi connectivity index (χ4n) is 2.10. The zero-order valence-electron chi connectivity index (χ0n) is 11.4. The van der Waals surface area contributed by atoms with Gasteiger partial charge in [0.2, 0.25) is 0 Å². The molecule has 0 bridgehead atoms. The van der Waals surface area contributed by atoms with Crippen molar-refractivity contribution in [2.24, 2.45) is 0 Å². The number of rotatable bonds is 4. The third-order valence-electron chi connectivity index (χ3n) is 3.14. The molecule has 0 aliphatic heterocycles. The number of phenols is 1. The van der Waals surface area contributed by atoms with E-state index in [1.165, 1.54) is 0 Å². The summed E-state index contributed by atoms with van der Waals surface area (Å²) in [5.74, 6) is 0.275. The summed E-state index contributed by atoms with van der Waals surface area (Å²) in [5, 5.41) is 12.8. The lowest BCUT2D eigenvalue weighted by Gasteiger charge is -2.08. The summed E-state index contributed by atoms with van der Waals surface area (Å²) < 4.78 is 0. The molecular formula is C17H15N3O. The van der Waals surface area contributed by atoms with Crippen LogP contribution in [0.25, 0.3) is 11.1 Å². The smallest absolute Gasteiger partial charge is 0.115 e. The van der Waals surface area contributed by atoms with Crippen LogP contribution in [0.2, 0.25) is 0 Å². The van der Waals surface area contributed by atoms with Crippen LogP contribution >= 0.6 is 0 Å². The average molecular weight is 277 g/mol. The van der Waals surface area contributed by atoms with Gasteiger partial charge in [-0.15, -0.1) is 0 Å². The highest BCUT2D eigenvalue weighted by Gasteiger charge is 2.01. The van der Waals surface area contributed by atoms with Crippen molar-refractivity contribution in [1.29, 1.82) is 0 Å². The van der Waals surface area contributed by atoms with E-state index in [4.69, 9.17) is 0 Å². The largest absolute Gasteiger partial charge is 0.508 e. The molecule has 2 heterocycles. The molecule has 1 aromatic carbocycles. The van der Waals surface area contributed by atoms with Crippen LogP contribution in [0, 0.1) is 0 Å². The SMILES string of the molecule is Oc1cccc(CNc2cncc(-c3cccnc3)c2)c1. The zero-order chi connectivity index (χ0) is 14.5. The molecule has 0 spiro atoms. The second-order valence-corrected chi connectivity index (χ2v) is 4.73. The minimum absolute atomic E-state index is 0.275. The van der Waals surface area contributed by atoms with Gasteiger partial charge in [0.05, 0.1) is 5.69 Å². The lowest BCUT2D eigenvalue weighted by atomic mass is 10.1. The van der Waals surface area contributed by atoms with Gasteiger partial charge in [-0.1, -0.05) is 18.2 Å². The second kappa shape index (κ2) is 6.05. The molecule has 0 amide bonds. The van der Waals surface area contributed by atoms with Gasteiger partial charge in [-0.25, -0.2) is 0 Å². The molecule has 2 N–H and O–H groups in total. The summed E-state index contributed by atoms with van der Waals surface area (Å²) >= 11 is 0.